The summed E-state index contributed by atoms with van der Waals surface area (Å²) in [6.45, 7) is 13.0. The number of anilines is 1. The molecule has 1 heterocycles. The lowest BCUT2D eigenvalue weighted by Gasteiger charge is -2.37. The maximum Gasteiger partial charge on any atom is 0.237 e. The maximum absolute atomic E-state index is 12.2. The molecule has 1 aromatic rings. The first-order chi connectivity index (χ1) is 11.3. The lowest BCUT2D eigenvalue weighted by Crippen LogP contribution is -2.54. The van der Waals surface area contributed by atoms with Crippen LogP contribution in [0.5, 0.6) is 0 Å². The molecular weight excluding hydrogens is 300 g/mol. The van der Waals surface area contributed by atoms with Gasteiger partial charge in [0.1, 0.15) is 0 Å². The molecule has 134 valence electrons. The van der Waals surface area contributed by atoms with E-state index in [-0.39, 0.29) is 17.4 Å². The summed E-state index contributed by atoms with van der Waals surface area (Å²) in [6.07, 6.45) is 0. The number of hydrogen-bond acceptors (Lipinski definition) is 4. The highest BCUT2D eigenvalue weighted by atomic mass is 16.2. The Morgan fingerprint density at radius 1 is 1.17 bits per heavy atom. The molecule has 0 saturated carbocycles. The molecule has 1 fully saturated rings. The second-order valence-electron chi connectivity index (χ2n) is 7.88. The molecule has 1 amide bonds. The number of amides is 1. The summed E-state index contributed by atoms with van der Waals surface area (Å²) >= 11 is 0. The number of nitrogens with zero attached hydrogens (tertiary/aromatic N) is 2. The zero-order chi connectivity index (χ0) is 17.7. The van der Waals surface area contributed by atoms with Gasteiger partial charge in [-0.2, -0.15) is 0 Å². The molecule has 3 N–H and O–H groups in total. The van der Waals surface area contributed by atoms with Gasteiger partial charge >= 0.3 is 0 Å². The largest absolute Gasteiger partial charge is 0.369 e. The second-order valence-corrected chi connectivity index (χ2v) is 7.88. The maximum atomic E-state index is 12.2. The number of carbonyl (C=O) groups is 1. The minimum atomic E-state index is -0.477. The van der Waals surface area contributed by atoms with Crippen LogP contribution in [0.3, 0.4) is 0 Å². The monoisotopic (exact) mass is 332 g/mol. The Labute approximate surface area is 146 Å². The van der Waals surface area contributed by atoms with Crippen molar-refractivity contribution < 1.29 is 4.79 Å². The van der Waals surface area contributed by atoms with Crippen LogP contribution < -0.4 is 16.0 Å². The van der Waals surface area contributed by atoms with Gasteiger partial charge in [0.15, 0.2) is 0 Å². The Bertz CT molecular complexity index is 518. The summed E-state index contributed by atoms with van der Waals surface area (Å²) in [7, 11) is 0. The van der Waals surface area contributed by atoms with E-state index in [1.807, 2.05) is 26.8 Å². The number of rotatable bonds is 5. The molecule has 0 aliphatic carbocycles. The van der Waals surface area contributed by atoms with Crippen molar-refractivity contribution in [2.45, 2.75) is 39.8 Å². The SMILES string of the molecule is CC(CN1CCN(c2ccccc2)CC1)NC(=O)[C@@H](N)C(C)(C)C. The average Bonchev–Trinajstić information content (AvgIpc) is 2.54. The molecular formula is C19H32N4O. The Balaban J connectivity index is 1.76. The zero-order valence-corrected chi connectivity index (χ0v) is 15.5. The second kappa shape index (κ2) is 7.99. The molecule has 2 atom stereocenters. The van der Waals surface area contributed by atoms with Crippen LogP contribution in [0.2, 0.25) is 0 Å². The van der Waals surface area contributed by atoms with Crippen molar-refractivity contribution in [3.8, 4) is 0 Å². The van der Waals surface area contributed by atoms with E-state index < -0.39 is 6.04 Å². The van der Waals surface area contributed by atoms with Crippen molar-refractivity contribution in [1.82, 2.24) is 10.2 Å². The highest BCUT2D eigenvalue weighted by Gasteiger charge is 2.28. The van der Waals surface area contributed by atoms with Crippen molar-refractivity contribution in [1.29, 1.82) is 0 Å². The fraction of sp³-hybridized carbons (Fsp3) is 0.632. The number of nitrogens with one attached hydrogen (secondary N) is 1. The first-order valence-corrected chi connectivity index (χ1v) is 8.85. The molecule has 1 saturated heterocycles. The lowest BCUT2D eigenvalue weighted by atomic mass is 9.87. The van der Waals surface area contributed by atoms with Crippen LogP contribution in [0.4, 0.5) is 5.69 Å². The predicted octanol–water partition coefficient (Wildman–Crippen LogP) is 1.69. The van der Waals surface area contributed by atoms with Crippen LogP contribution in [0.25, 0.3) is 0 Å². The summed E-state index contributed by atoms with van der Waals surface area (Å²) in [4.78, 5) is 17.0. The fourth-order valence-corrected chi connectivity index (χ4v) is 2.99. The molecule has 1 aliphatic rings. The molecule has 0 bridgehead atoms. The van der Waals surface area contributed by atoms with E-state index in [0.29, 0.717) is 0 Å². The molecule has 5 heteroatoms. The Morgan fingerprint density at radius 2 is 1.75 bits per heavy atom. The third-order valence-electron chi connectivity index (χ3n) is 4.63. The van der Waals surface area contributed by atoms with Gasteiger partial charge in [0, 0.05) is 44.5 Å². The van der Waals surface area contributed by atoms with E-state index in [0.717, 1.165) is 32.7 Å². The van der Waals surface area contributed by atoms with Gasteiger partial charge in [-0.15, -0.1) is 0 Å². The quantitative estimate of drug-likeness (QED) is 0.861. The smallest absolute Gasteiger partial charge is 0.237 e. The van der Waals surface area contributed by atoms with E-state index in [9.17, 15) is 4.79 Å². The van der Waals surface area contributed by atoms with Crippen LogP contribution in [0.15, 0.2) is 30.3 Å². The molecule has 0 radical (unpaired) electrons. The molecule has 0 spiro atoms. The third kappa shape index (κ3) is 5.21. The van der Waals surface area contributed by atoms with Gasteiger partial charge in [0.2, 0.25) is 5.91 Å². The number of nitrogens with two attached hydrogens (primary N) is 1. The minimum Gasteiger partial charge on any atom is -0.369 e. The predicted molar refractivity (Wildman–Crippen MR) is 100 cm³/mol. The van der Waals surface area contributed by atoms with Gasteiger partial charge in [0.25, 0.3) is 0 Å². The van der Waals surface area contributed by atoms with E-state index in [1.165, 1.54) is 5.69 Å². The van der Waals surface area contributed by atoms with Gasteiger partial charge in [-0.1, -0.05) is 39.0 Å². The van der Waals surface area contributed by atoms with Crippen LogP contribution in [0.1, 0.15) is 27.7 Å². The van der Waals surface area contributed by atoms with Crippen molar-refractivity contribution >= 4 is 11.6 Å². The van der Waals surface area contributed by atoms with Crippen molar-refractivity contribution in [3.05, 3.63) is 30.3 Å². The minimum absolute atomic E-state index is 0.0575. The molecule has 2 rings (SSSR count). The normalized spacial score (nSPS) is 19.0. The first-order valence-electron chi connectivity index (χ1n) is 8.85. The van der Waals surface area contributed by atoms with E-state index in [1.54, 1.807) is 0 Å². The van der Waals surface area contributed by atoms with E-state index >= 15 is 0 Å². The third-order valence-corrected chi connectivity index (χ3v) is 4.63. The standard InChI is InChI=1S/C19H32N4O/c1-15(21-18(24)17(20)19(2,3)4)14-22-10-12-23(13-11-22)16-8-6-5-7-9-16/h5-9,15,17H,10-14,20H2,1-4H3,(H,21,24)/t15?,17-/m1/s1. The Kier molecular flexibility index (Phi) is 6.24. The van der Waals surface area contributed by atoms with E-state index in [4.69, 9.17) is 5.73 Å². The van der Waals surface area contributed by atoms with Crippen LogP contribution >= 0.6 is 0 Å². The van der Waals surface area contributed by atoms with E-state index in [2.05, 4.69) is 46.3 Å². The lowest BCUT2D eigenvalue weighted by molar-refractivity contribution is -0.125. The fourth-order valence-electron chi connectivity index (χ4n) is 2.99. The van der Waals surface area contributed by atoms with Crippen LogP contribution in [0, 0.1) is 5.41 Å². The number of carbonyl (C=O) groups excluding carboxylic acids is 1. The van der Waals surface area contributed by atoms with Gasteiger partial charge in [-0.05, 0) is 24.5 Å². The van der Waals surface area contributed by atoms with Gasteiger partial charge in [0.05, 0.1) is 6.04 Å². The molecule has 24 heavy (non-hydrogen) atoms. The number of para-hydroxylation sites is 1. The zero-order valence-electron chi connectivity index (χ0n) is 15.5. The summed E-state index contributed by atoms with van der Waals surface area (Å²) in [6, 6.07) is 10.2. The highest BCUT2D eigenvalue weighted by molar-refractivity contribution is 5.82. The molecule has 0 aromatic heterocycles. The van der Waals surface area contributed by atoms with Gasteiger partial charge in [-0.3, -0.25) is 9.69 Å². The van der Waals surface area contributed by atoms with Crippen molar-refractivity contribution in [2.75, 3.05) is 37.6 Å². The summed E-state index contributed by atoms with van der Waals surface area (Å²) in [5, 5.41) is 3.06. The van der Waals surface area contributed by atoms with Crippen molar-refractivity contribution in [3.63, 3.8) is 0 Å². The molecule has 1 aliphatic heterocycles. The topological polar surface area (TPSA) is 61.6 Å². The Morgan fingerprint density at radius 3 is 2.29 bits per heavy atom. The van der Waals surface area contributed by atoms with Gasteiger partial charge < -0.3 is 16.0 Å². The van der Waals surface area contributed by atoms with Crippen LogP contribution in [-0.2, 0) is 4.79 Å². The molecule has 1 unspecified atom stereocenters. The van der Waals surface area contributed by atoms with Crippen molar-refractivity contribution in [2.24, 2.45) is 11.1 Å². The van der Waals surface area contributed by atoms with Gasteiger partial charge in [-0.25, -0.2) is 0 Å². The number of benzene rings is 1. The molecule has 1 aromatic carbocycles. The summed E-state index contributed by atoms with van der Waals surface area (Å²) in [5.74, 6) is -0.0575. The average molecular weight is 332 g/mol. The summed E-state index contributed by atoms with van der Waals surface area (Å²) in [5.41, 5.74) is 7.10. The summed E-state index contributed by atoms with van der Waals surface area (Å²) < 4.78 is 0. The number of piperazine rings is 1. The van der Waals surface area contributed by atoms with Crippen LogP contribution in [-0.4, -0.2) is 55.6 Å². The number of hydrogen-bond donors (Lipinski definition) is 2. The first kappa shape index (κ1) is 18.7. The Hall–Kier alpha value is -1.59. The highest BCUT2D eigenvalue weighted by Crippen LogP contribution is 2.18. The molecule has 5 nitrogen and oxygen atoms in total.